The van der Waals surface area contributed by atoms with E-state index in [1.807, 2.05) is 13.1 Å². The van der Waals surface area contributed by atoms with Gasteiger partial charge < -0.3 is 5.32 Å². The van der Waals surface area contributed by atoms with Gasteiger partial charge in [0.15, 0.2) is 0 Å². The van der Waals surface area contributed by atoms with Crippen molar-refractivity contribution in [1.82, 2.24) is 5.32 Å². The van der Waals surface area contributed by atoms with Crippen molar-refractivity contribution in [2.45, 2.75) is 6.54 Å². The molecule has 1 nitrogen and oxygen atoms in total. The molecule has 2 aromatic rings. The number of rotatable bonds is 3. The molecule has 0 saturated heterocycles. The molecule has 0 fully saturated rings. The van der Waals surface area contributed by atoms with E-state index in [2.05, 4.69) is 63.7 Å². The minimum Gasteiger partial charge on any atom is -0.316 e. The molecule has 2 rings (SSSR count). The van der Waals surface area contributed by atoms with E-state index in [0.29, 0.717) is 0 Å². The van der Waals surface area contributed by atoms with Crippen LogP contribution in [0.1, 0.15) is 5.56 Å². The van der Waals surface area contributed by atoms with Crippen LogP contribution >= 0.6 is 15.9 Å². The number of hydrogen-bond acceptors (Lipinski definition) is 1. The Morgan fingerprint density at radius 3 is 2.62 bits per heavy atom. The minimum atomic E-state index is 0.901. The zero-order valence-corrected chi connectivity index (χ0v) is 10.8. The van der Waals surface area contributed by atoms with Gasteiger partial charge in [0.2, 0.25) is 0 Å². The Bertz CT molecular complexity index is 480. The quantitative estimate of drug-likeness (QED) is 0.898. The second-order valence-electron chi connectivity index (χ2n) is 3.71. The maximum absolute atomic E-state index is 3.58. The first-order chi connectivity index (χ1) is 7.81. The topological polar surface area (TPSA) is 12.0 Å². The van der Waals surface area contributed by atoms with Gasteiger partial charge in [-0.05, 0) is 35.9 Å². The van der Waals surface area contributed by atoms with Crippen molar-refractivity contribution in [3.63, 3.8) is 0 Å². The van der Waals surface area contributed by atoms with Gasteiger partial charge in [0.1, 0.15) is 0 Å². The van der Waals surface area contributed by atoms with Crippen LogP contribution in [0.4, 0.5) is 0 Å². The molecule has 0 aromatic heterocycles. The van der Waals surface area contributed by atoms with Crippen LogP contribution in [0.25, 0.3) is 11.1 Å². The number of nitrogens with one attached hydrogen (secondary N) is 1. The molecule has 82 valence electrons. The van der Waals surface area contributed by atoms with Crippen molar-refractivity contribution in [3.8, 4) is 11.1 Å². The van der Waals surface area contributed by atoms with Crippen LogP contribution in [0.5, 0.6) is 0 Å². The zero-order chi connectivity index (χ0) is 11.4. The van der Waals surface area contributed by atoms with Crippen LogP contribution < -0.4 is 5.32 Å². The van der Waals surface area contributed by atoms with E-state index in [4.69, 9.17) is 0 Å². The molecule has 2 heteroatoms. The smallest absolute Gasteiger partial charge is 0.0253 e. The number of benzene rings is 2. The lowest BCUT2D eigenvalue weighted by atomic mass is 10.0. The molecule has 0 unspecified atom stereocenters. The first kappa shape index (κ1) is 11.4. The van der Waals surface area contributed by atoms with E-state index in [-0.39, 0.29) is 0 Å². The highest BCUT2D eigenvalue weighted by molar-refractivity contribution is 9.10. The van der Waals surface area contributed by atoms with E-state index < -0.39 is 0 Å². The van der Waals surface area contributed by atoms with E-state index in [1.165, 1.54) is 16.7 Å². The highest BCUT2D eigenvalue weighted by atomic mass is 79.9. The normalized spacial score (nSPS) is 10.4. The van der Waals surface area contributed by atoms with Gasteiger partial charge >= 0.3 is 0 Å². The van der Waals surface area contributed by atoms with Gasteiger partial charge in [-0.3, -0.25) is 0 Å². The van der Waals surface area contributed by atoms with Crippen LogP contribution in [0.15, 0.2) is 53.0 Å². The molecular weight excluding hydrogens is 262 g/mol. The summed E-state index contributed by atoms with van der Waals surface area (Å²) >= 11 is 3.58. The van der Waals surface area contributed by atoms with Crippen molar-refractivity contribution in [1.29, 1.82) is 0 Å². The molecule has 0 aliphatic rings. The molecule has 0 aliphatic heterocycles. The Hall–Kier alpha value is -1.12. The van der Waals surface area contributed by atoms with E-state index >= 15 is 0 Å². The zero-order valence-electron chi connectivity index (χ0n) is 9.20. The molecule has 0 heterocycles. The van der Waals surface area contributed by atoms with Crippen LogP contribution in [0.2, 0.25) is 0 Å². The molecular formula is C14H14BrN. The van der Waals surface area contributed by atoms with E-state index in [0.717, 1.165) is 11.0 Å². The Balaban J connectivity index is 2.40. The standard InChI is InChI=1S/C14H14BrN/c1-16-10-11-5-4-6-12(9-11)13-7-2-3-8-14(13)15/h2-9,16H,10H2,1H3. The molecule has 0 atom stereocenters. The fourth-order valence-electron chi connectivity index (χ4n) is 1.75. The average Bonchev–Trinajstić information content (AvgIpc) is 2.30. The molecule has 0 amide bonds. The Kier molecular flexibility index (Phi) is 3.75. The first-order valence-corrected chi connectivity index (χ1v) is 6.09. The van der Waals surface area contributed by atoms with Gasteiger partial charge in [-0.15, -0.1) is 0 Å². The third-order valence-electron chi connectivity index (χ3n) is 2.49. The van der Waals surface area contributed by atoms with Gasteiger partial charge in [-0.1, -0.05) is 52.3 Å². The summed E-state index contributed by atoms with van der Waals surface area (Å²) in [6, 6.07) is 16.9. The van der Waals surface area contributed by atoms with Crippen molar-refractivity contribution < 1.29 is 0 Å². The molecule has 2 aromatic carbocycles. The van der Waals surface area contributed by atoms with E-state index in [9.17, 15) is 0 Å². The van der Waals surface area contributed by atoms with Crippen LogP contribution in [0, 0.1) is 0 Å². The second-order valence-corrected chi connectivity index (χ2v) is 4.56. The second kappa shape index (κ2) is 5.28. The van der Waals surface area contributed by atoms with Gasteiger partial charge in [0, 0.05) is 11.0 Å². The fourth-order valence-corrected chi connectivity index (χ4v) is 2.26. The van der Waals surface area contributed by atoms with Crippen molar-refractivity contribution >= 4 is 15.9 Å². The largest absolute Gasteiger partial charge is 0.316 e. The summed E-state index contributed by atoms with van der Waals surface area (Å²) < 4.78 is 1.14. The van der Waals surface area contributed by atoms with Crippen molar-refractivity contribution in [3.05, 3.63) is 58.6 Å². The summed E-state index contributed by atoms with van der Waals surface area (Å²) in [5.74, 6) is 0. The maximum atomic E-state index is 3.58. The lowest BCUT2D eigenvalue weighted by Crippen LogP contribution is -2.04. The van der Waals surface area contributed by atoms with Gasteiger partial charge in [0.05, 0.1) is 0 Å². The molecule has 0 radical (unpaired) electrons. The molecule has 16 heavy (non-hydrogen) atoms. The predicted molar refractivity (Wildman–Crippen MR) is 72.3 cm³/mol. The maximum Gasteiger partial charge on any atom is 0.0253 e. The average molecular weight is 276 g/mol. The van der Waals surface area contributed by atoms with Gasteiger partial charge in [-0.25, -0.2) is 0 Å². The van der Waals surface area contributed by atoms with Crippen molar-refractivity contribution in [2.75, 3.05) is 7.05 Å². The Morgan fingerprint density at radius 1 is 1.06 bits per heavy atom. The lowest BCUT2D eigenvalue weighted by Gasteiger charge is -2.07. The van der Waals surface area contributed by atoms with Crippen molar-refractivity contribution in [2.24, 2.45) is 0 Å². The number of halogens is 1. The summed E-state index contributed by atoms with van der Waals surface area (Å²) in [4.78, 5) is 0. The minimum absolute atomic E-state index is 0.901. The third kappa shape index (κ3) is 2.52. The predicted octanol–water partition coefficient (Wildman–Crippen LogP) is 3.84. The number of hydrogen-bond donors (Lipinski definition) is 1. The SMILES string of the molecule is CNCc1cccc(-c2ccccc2Br)c1. The van der Waals surface area contributed by atoms with Crippen LogP contribution in [-0.2, 0) is 6.54 Å². The molecule has 0 saturated carbocycles. The van der Waals surface area contributed by atoms with Gasteiger partial charge in [-0.2, -0.15) is 0 Å². The summed E-state index contributed by atoms with van der Waals surface area (Å²) in [7, 11) is 1.96. The first-order valence-electron chi connectivity index (χ1n) is 5.29. The van der Waals surface area contributed by atoms with Crippen LogP contribution in [0.3, 0.4) is 0 Å². The highest BCUT2D eigenvalue weighted by Gasteiger charge is 2.02. The summed E-state index contributed by atoms with van der Waals surface area (Å²) in [6.07, 6.45) is 0. The fraction of sp³-hybridized carbons (Fsp3) is 0.143. The molecule has 0 bridgehead atoms. The Morgan fingerprint density at radius 2 is 1.88 bits per heavy atom. The monoisotopic (exact) mass is 275 g/mol. The molecule has 1 N–H and O–H groups in total. The Labute approximate surface area is 105 Å². The third-order valence-corrected chi connectivity index (χ3v) is 3.18. The van der Waals surface area contributed by atoms with E-state index in [1.54, 1.807) is 0 Å². The molecule has 0 spiro atoms. The highest BCUT2D eigenvalue weighted by Crippen LogP contribution is 2.28. The van der Waals surface area contributed by atoms with Crippen LogP contribution in [-0.4, -0.2) is 7.05 Å². The summed E-state index contributed by atoms with van der Waals surface area (Å²) in [5, 5.41) is 3.17. The molecule has 0 aliphatic carbocycles. The summed E-state index contributed by atoms with van der Waals surface area (Å²) in [6.45, 7) is 0.901. The summed E-state index contributed by atoms with van der Waals surface area (Å²) in [5.41, 5.74) is 3.79. The van der Waals surface area contributed by atoms with Gasteiger partial charge in [0.25, 0.3) is 0 Å². The lowest BCUT2D eigenvalue weighted by molar-refractivity contribution is 0.818.